The fourth-order valence-corrected chi connectivity index (χ4v) is 3.68. The van der Waals surface area contributed by atoms with Crippen molar-refractivity contribution in [3.8, 4) is 0 Å². The molecule has 0 saturated carbocycles. The van der Waals surface area contributed by atoms with E-state index in [1.54, 1.807) is 18.4 Å². The van der Waals surface area contributed by atoms with Crippen molar-refractivity contribution >= 4 is 28.1 Å². The number of benzene rings is 1. The van der Waals surface area contributed by atoms with Crippen LogP contribution in [0, 0.1) is 0 Å². The Kier molecular flexibility index (Phi) is 6.61. The third-order valence-corrected chi connectivity index (χ3v) is 5.56. The first-order valence-electron chi connectivity index (χ1n) is 7.14. The van der Waals surface area contributed by atoms with Gasteiger partial charge in [-0.3, -0.25) is 9.20 Å². The van der Waals surface area contributed by atoms with E-state index in [1.807, 2.05) is 36.4 Å². The highest BCUT2D eigenvalue weighted by atomic mass is 32.2. The van der Waals surface area contributed by atoms with E-state index < -0.39 is 10.8 Å². The molecule has 0 fully saturated rings. The van der Waals surface area contributed by atoms with Crippen molar-refractivity contribution in [2.24, 2.45) is 4.99 Å². The molecule has 1 heterocycles. The maximum atomic E-state index is 12.1. The maximum Gasteiger partial charge on any atom is 0.191 e. The molecule has 0 spiro atoms. The summed E-state index contributed by atoms with van der Waals surface area (Å²) in [4.78, 5) is 6.33. The van der Waals surface area contributed by atoms with Gasteiger partial charge in [0.05, 0.1) is 16.8 Å². The first-order chi connectivity index (χ1) is 10.7. The Morgan fingerprint density at radius 1 is 1.27 bits per heavy atom. The largest absolute Gasteiger partial charge is 0.355 e. The minimum absolute atomic E-state index is 0.200. The molecule has 0 aliphatic rings. The molecule has 2 rings (SSSR count). The van der Waals surface area contributed by atoms with Crippen molar-refractivity contribution in [2.45, 2.75) is 17.9 Å². The normalized spacial score (nSPS) is 14.4. The van der Waals surface area contributed by atoms with Crippen molar-refractivity contribution < 1.29 is 4.21 Å². The third-order valence-electron chi connectivity index (χ3n) is 3.13. The molecule has 1 aromatic heterocycles. The second kappa shape index (κ2) is 8.70. The molecular formula is C16H21N3OS2. The predicted molar refractivity (Wildman–Crippen MR) is 94.9 cm³/mol. The summed E-state index contributed by atoms with van der Waals surface area (Å²) in [5.41, 5.74) is 0. The summed E-state index contributed by atoms with van der Waals surface area (Å²) in [6.45, 7) is 2.71. The lowest BCUT2D eigenvalue weighted by molar-refractivity contribution is 0.678. The lowest BCUT2D eigenvalue weighted by atomic mass is 10.3. The van der Waals surface area contributed by atoms with Gasteiger partial charge in [-0.05, 0) is 30.5 Å². The van der Waals surface area contributed by atoms with Crippen LogP contribution in [0.15, 0.2) is 57.7 Å². The lowest BCUT2D eigenvalue weighted by Crippen LogP contribution is -2.40. The van der Waals surface area contributed by atoms with Crippen molar-refractivity contribution in [1.29, 1.82) is 0 Å². The minimum Gasteiger partial charge on any atom is -0.355 e. The maximum absolute atomic E-state index is 12.1. The molecule has 0 bridgehead atoms. The number of thiophene rings is 1. The van der Waals surface area contributed by atoms with Crippen LogP contribution in [0.25, 0.3) is 0 Å². The van der Waals surface area contributed by atoms with Gasteiger partial charge < -0.3 is 10.6 Å². The van der Waals surface area contributed by atoms with Crippen molar-refractivity contribution in [1.82, 2.24) is 10.6 Å². The van der Waals surface area contributed by atoms with E-state index in [4.69, 9.17) is 0 Å². The van der Waals surface area contributed by atoms with E-state index in [0.29, 0.717) is 12.3 Å². The lowest BCUT2D eigenvalue weighted by Gasteiger charge is -2.16. The Labute approximate surface area is 138 Å². The molecule has 1 aromatic carbocycles. The molecule has 0 radical (unpaired) electrons. The Morgan fingerprint density at radius 2 is 2.05 bits per heavy atom. The number of nitrogens with one attached hydrogen (secondary N) is 2. The fraction of sp³-hybridized carbons (Fsp3) is 0.312. The summed E-state index contributed by atoms with van der Waals surface area (Å²) < 4.78 is 12.1. The average molecular weight is 335 g/mol. The van der Waals surface area contributed by atoms with Gasteiger partial charge in [-0.25, -0.2) is 0 Å². The first-order valence-corrected chi connectivity index (χ1v) is 9.34. The Hall–Kier alpha value is -1.66. The minimum atomic E-state index is -0.987. The first kappa shape index (κ1) is 16.7. The monoisotopic (exact) mass is 335 g/mol. The molecule has 0 amide bonds. The molecular weight excluding hydrogens is 314 g/mol. The van der Waals surface area contributed by atoms with Crippen LogP contribution < -0.4 is 10.6 Å². The Morgan fingerprint density at radius 3 is 2.68 bits per heavy atom. The molecule has 2 N–H and O–H groups in total. The van der Waals surface area contributed by atoms with E-state index in [0.717, 1.165) is 10.9 Å². The Bertz CT molecular complexity index is 612. The summed E-state index contributed by atoms with van der Waals surface area (Å²) in [5.74, 6) is 1.28. The van der Waals surface area contributed by atoms with E-state index in [-0.39, 0.29) is 6.04 Å². The van der Waals surface area contributed by atoms with Crippen molar-refractivity contribution in [2.75, 3.05) is 19.3 Å². The zero-order valence-corrected chi connectivity index (χ0v) is 14.4. The van der Waals surface area contributed by atoms with Crippen LogP contribution in [-0.4, -0.2) is 29.5 Å². The van der Waals surface area contributed by atoms with Crippen LogP contribution in [0.2, 0.25) is 0 Å². The number of hydrogen-bond acceptors (Lipinski definition) is 3. The molecule has 2 aromatic rings. The molecule has 0 saturated heterocycles. The summed E-state index contributed by atoms with van der Waals surface area (Å²) in [6.07, 6.45) is 0. The second-order valence-electron chi connectivity index (χ2n) is 4.74. The zero-order valence-electron chi connectivity index (χ0n) is 12.8. The van der Waals surface area contributed by atoms with Crippen LogP contribution in [0.5, 0.6) is 0 Å². The zero-order chi connectivity index (χ0) is 15.8. The quantitative estimate of drug-likeness (QED) is 0.630. The third kappa shape index (κ3) is 4.96. The number of hydrogen-bond donors (Lipinski definition) is 2. The fourth-order valence-electron chi connectivity index (χ4n) is 1.96. The highest BCUT2D eigenvalue weighted by Gasteiger charge is 2.09. The van der Waals surface area contributed by atoms with E-state index in [9.17, 15) is 4.21 Å². The molecule has 22 heavy (non-hydrogen) atoms. The molecule has 4 nitrogen and oxygen atoms in total. The van der Waals surface area contributed by atoms with E-state index >= 15 is 0 Å². The van der Waals surface area contributed by atoms with Crippen LogP contribution in [-0.2, 0) is 10.8 Å². The van der Waals surface area contributed by atoms with Gasteiger partial charge in [0, 0.05) is 29.1 Å². The molecule has 0 aliphatic heterocycles. The van der Waals surface area contributed by atoms with Gasteiger partial charge in [0.1, 0.15) is 0 Å². The predicted octanol–water partition coefficient (Wildman–Crippen LogP) is 2.78. The van der Waals surface area contributed by atoms with Crippen LogP contribution in [0.4, 0.5) is 0 Å². The van der Waals surface area contributed by atoms with E-state index in [2.05, 4.69) is 34.0 Å². The highest BCUT2D eigenvalue weighted by Crippen LogP contribution is 2.17. The summed E-state index contributed by atoms with van der Waals surface area (Å²) in [6, 6.07) is 13.9. The molecule has 2 unspecified atom stereocenters. The smallest absolute Gasteiger partial charge is 0.191 e. The van der Waals surface area contributed by atoms with Gasteiger partial charge in [-0.2, -0.15) is 0 Å². The van der Waals surface area contributed by atoms with Crippen LogP contribution in [0.1, 0.15) is 17.8 Å². The van der Waals surface area contributed by atoms with Gasteiger partial charge >= 0.3 is 0 Å². The number of rotatable bonds is 6. The van der Waals surface area contributed by atoms with Gasteiger partial charge in [-0.1, -0.05) is 24.3 Å². The van der Waals surface area contributed by atoms with Gasteiger partial charge in [0.15, 0.2) is 5.96 Å². The highest BCUT2D eigenvalue weighted by molar-refractivity contribution is 7.85. The number of nitrogens with zero attached hydrogens (tertiary/aromatic N) is 1. The van der Waals surface area contributed by atoms with Gasteiger partial charge in [0.25, 0.3) is 0 Å². The summed E-state index contributed by atoms with van der Waals surface area (Å²) in [7, 11) is 0.753. The molecule has 6 heteroatoms. The molecule has 118 valence electrons. The summed E-state index contributed by atoms with van der Waals surface area (Å²) >= 11 is 1.72. The Balaban J connectivity index is 1.78. The van der Waals surface area contributed by atoms with E-state index in [1.165, 1.54) is 4.88 Å². The molecule has 2 atom stereocenters. The van der Waals surface area contributed by atoms with Crippen LogP contribution in [0.3, 0.4) is 0 Å². The SMILES string of the molecule is CN=C(NCCS(=O)c1ccccc1)NC(C)c1cccs1. The van der Waals surface area contributed by atoms with Crippen molar-refractivity contribution in [3.05, 3.63) is 52.7 Å². The average Bonchev–Trinajstić information content (AvgIpc) is 3.09. The topological polar surface area (TPSA) is 53.5 Å². The van der Waals surface area contributed by atoms with Crippen molar-refractivity contribution in [3.63, 3.8) is 0 Å². The second-order valence-corrected chi connectivity index (χ2v) is 7.29. The standard InChI is InChI=1S/C16H21N3OS2/c1-13(15-9-6-11-21-15)19-16(17-2)18-10-12-22(20)14-7-4-3-5-8-14/h3-9,11,13H,10,12H2,1-2H3,(H2,17,18,19). The van der Waals surface area contributed by atoms with Crippen LogP contribution >= 0.6 is 11.3 Å². The summed E-state index contributed by atoms with van der Waals surface area (Å²) in [5, 5.41) is 8.61. The number of guanidine groups is 1. The number of aliphatic imine (C=N–C) groups is 1. The van der Waals surface area contributed by atoms with Gasteiger partial charge in [-0.15, -0.1) is 11.3 Å². The van der Waals surface area contributed by atoms with Gasteiger partial charge in [0.2, 0.25) is 0 Å². The molecule has 0 aliphatic carbocycles.